The highest BCUT2D eigenvalue weighted by Gasteiger charge is 2.36. The number of para-hydroxylation sites is 1. The molecule has 7 nitrogen and oxygen atoms in total. The molecule has 2 bridgehead atoms. The number of rotatable bonds is 4. The Hall–Kier alpha value is -2.12. The van der Waals surface area contributed by atoms with E-state index in [1.165, 1.54) is 12.8 Å². The minimum absolute atomic E-state index is 0.00874. The maximum absolute atomic E-state index is 13.2. The van der Waals surface area contributed by atoms with E-state index in [1.807, 2.05) is 34.1 Å². The number of likely N-dealkylation sites (tertiary alicyclic amines) is 1. The summed E-state index contributed by atoms with van der Waals surface area (Å²) in [7, 11) is 0. The van der Waals surface area contributed by atoms with Crippen LogP contribution in [0.5, 0.6) is 5.75 Å². The van der Waals surface area contributed by atoms with Gasteiger partial charge in [-0.25, -0.2) is 0 Å². The second-order valence-electron chi connectivity index (χ2n) is 9.93. The molecule has 182 valence electrons. The third-order valence-corrected chi connectivity index (χ3v) is 7.76. The predicted molar refractivity (Wildman–Crippen MR) is 127 cm³/mol. The van der Waals surface area contributed by atoms with Gasteiger partial charge in [0, 0.05) is 39.2 Å². The van der Waals surface area contributed by atoms with Gasteiger partial charge in [-0.15, -0.1) is 0 Å². The number of benzene rings is 1. The van der Waals surface area contributed by atoms with Gasteiger partial charge in [-0.3, -0.25) is 9.59 Å². The first-order chi connectivity index (χ1) is 16.1. The number of aliphatic hydroxyl groups is 1. The molecular weight excluding hydrogens is 418 g/mol. The van der Waals surface area contributed by atoms with E-state index in [0.717, 1.165) is 58.3 Å². The number of carbonyl (C=O) groups is 2. The maximum atomic E-state index is 13.2. The molecule has 0 radical (unpaired) electrons. The lowest BCUT2D eigenvalue weighted by Gasteiger charge is -2.41. The van der Waals surface area contributed by atoms with E-state index < -0.39 is 0 Å². The lowest BCUT2D eigenvalue weighted by Crippen LogP contribution is -2.44. The molecule has 0 saturated carbocycles. The number of nitrogens with zero attached hydrogens (tertiary/aromatic N) is 3. The quantitative estimate of drug-likeness (QED) is 0.753. The molecule has 5 rings (SSSR count). The van der Waals surface area contributed by atoms with Crippen molar-refractivity contribution in [2.75, 3.05) is 59.0 Å². The van der Waals surface area contributed by atoms with E-state index in [1.54, 1.807) is 0 Å². The van der Waals surface area contributed by atoms with Crippen molar-refractivity contribution < 1.29 is 19.4 Å². The van der Waals surface area contributed by atoms with Crippen LogP contribution in [0.25, 0.3) is 0 Å². The predicted octanol–water partition coefficient (Wildman–Crippen LogP) is 2.78. The third kappa shape index (κ3) is 6.07. The molecule has 2 amide bonds. The number of hydrogen-bond donors (Lipinski definition) is 1. The number of hydrogen-bond acceptors (Lipinski definition) is 5. The van der Waals surface area contributed by atoms with Crippen LogP contribution in [0.1, 0.15) is 61.7 Å². The summed E-state index contributed by atoms with van der Waals surface area (Å²) in [5.41, 5.74) is 0.466. The summed E-state index contributed by atoms with van der Waals surface area (Å²) in [6.07, 6.45) is 7.48. The van der Waals surface area contributed by atoms with Gasteiger partial charge in [-0.1, -0.05) is 18.6 Å². The fraction of sp³-hybridized carbons (Fsp3) is 0.692. The van der Waals surface area contributed by atoms with Gasteiger partial charge in [-0.2, -0.15) is 0 Å². The summed E-state index contributed by atoms with van der Waals surface area (Å²) in [6, 6.07) is 7.41. The molecule has 1 aromatic carbocycles. The monoisotopic (exact) mass is 457 g/mol. The Balaban J connectivity index is 1.46. The van der Waals surface area contributed by atoms with E-state index in [2.05, 4.69) is 4.90 Å². The SMILES string of the molecule is O=C(CCN1CCCC1)N1CCCCC2(CO)CCN(CC2)C(=O)c2ccccc2OCC1. The zero-order chi connectivity index (χ0) is 23.1. The second kappa shape index (κ2) is 11.3. The van der Waals surface area contributed by atoms with Gasteiger partial charge in [0.15, 0.2) is 0 Å². The van der Waals surface area contributed by atoms with Gasteiger partial charge in [0.05, 0.1) is 12.1 Å². The van der Waals surface area contributed by atoms with E-state index in [9.17, 15) is 14.7 Å². The van der Waals surface area contributed by atoms with Crippen molar-refractivity contribution in [3.05, 3.63) is 29.8 Å². The number of fused-ring (bicyclic) bond motifs is 9. The molecule has 0 unspecified atom stereocenters. The molecule has 33 heavy (non-hydrogen) atoms. The summed E-state index contributed by atoms with van der Waals surface area (Å²) in [5.74, 6) is 0.759. The third-order valence-electron chi connectivity index (χ3n) is 7.76. The largest absolute Gasteiger partial charge is 0.491 e. The van der Waals surface area contributed by atoms with E-state index in [-0.39, 0.29) is 23.8 Å². The second-order valence-corrected chi connectivity index (χ2v) is 9.93. The molecule has 4 aliphatic rings. The van der Waals surface area contributed by atoms with Crippen molar-refractivity contribution in [3.8, 4) is 5.75 Å². The molecule has 0 spiro atoms. The zero-order valence-electron chi connectivity index (χ0n) is 19.8. The minimum Gasteiger partial charge on any atom is -0.491 e. The van der Waals surface area contributed by atoms with E-state index in [0.29, 0.717) is 44.0 Å². The van der Waals surface area contributed by atoms with Crippen LogP contribution >= 0.6 is 0 Å². The normalized spacial score (nSPS) is 22.4. The van der Waals surface area contributed by atoms with Crippen LogP contribution in [0.3, 0.4) is 0 Å². The van der Waals surface area contributed by atoms with Crippen LogP contribution in [-0.2, 0) is 4.79 Å². The van der Waals surface area contributed by atoms with Crippen LogP contribution in [0, 0.1) is 5.41 Å². The number of ether oxygens (including phenoxy) is 1. The van der Waals surface area contributed by atoms with Gasteiger partial charge in [-0.05, 0) is 69.2 Å². The molecule has 2 saturated heterocycles. The Morgan fingerprint density at radius 3 is 2.42 bits per heavy atom. The van der Waals surface area contributed by atoms with Gasteiger partial charge in [0.1, 0.15) is 12.4 Å². The zero-order valence-corrected chi connectivity index (χ0v) is 19.8. The van der Waals surface area contributed by atoms with Crippen LogP contribution in [0.15, 0.2) is 24.3 Å². The van der Waals surface area contributed by atoms with Crippen molar-refractivity contribution >= 4 is 11.8 Å². The van der Waals surface area contributed by atoms with Gasteiger partial charge < -0.3 is 24.5 Å². The average molecular weight is 458 g/mol. The average Bonchev–Trinajstić information content (AvgIpc) is 3.37. The number of aliphatic hydroxyl groups excluding tert-OH is 1. The number of carbonyl (C=O) groups excluding carboxylic acids is 2. The highest BCUT2D eigenvalue weighted by Crippen LogP contribution is 2.37. The van der Waals surface area contributed by atoms with Crippen molar-refractivity contribution in [2.45, 2.75) is 51.4 Å². The van der Waals surface area contributed by atoms with Crippen molar-refractivity contribution in [1.82, 2.24) is 14.7 Å². The van der Waals surface area contributed by atoms with Crippen LogP contribution in [0.2, 0.25) is 0 Å². The minimum atomic E-state index is -0.114. The standard InChI is InChI=1S/C26H39N3O4/c30-21-26-10-3-4-15-28(24(31)9-16-27-13-5-6-14-27)19-20-33-23-8-2-1-7-22(23)25(32)29(17-11-26)18-12-26/h1-2,7-8,30H,3-6,9-21H2. The number of piperidine rings is 1. The molecule has 0 aromatic heterocycles. The van der Waals surface area contributed by atoms with Gasteiger partial charge in [0.25, 0.3) is 5.91 Å². The summed E-state index contributed by atoms with van der Waals surface area (Å²) in [5, 5.41) is 10.2. The Bertz CT molecular complexity index is 800. The van der Waals surface area contributed by atoms with E-state index in [4.69, 9.17) is 4.74 Å². The fourth-order valence-electron chi connectivity index (χ4n) is 5.46. The lowest BCUT2D eigenvalue weighted by molar-refractivity contribution is -0.132. The van der Waals surface area contributed by atoms with Crippen LogP contribution in [0.4, 0.5) is 0 Å². The summed E-state index contributed by atoms with van der Waals surface area (Å²) >= 11 is 0. The van der Waals surface area contributed by atoms with Crippen molar-refractivity contribution in [2.24, 2.45) is 5.41 Å². The topological polar surface area (TPSA) is 73.3 Å². The Morgan fingerprint density at radius 2 is 1.67 bits per heavy atom. The van der Waals surface area contributed by atoms with Crippen LogP contribution in [-0.4, -0.2) is 90.6 Å². The molecule has 4 aliphatic heterocycles. The first-order valence-corrected chi connectivity index (χ1v) is 12.7. The van der Waals surface area contributed by atoms with E-state index >= 15 is 0 Å². The molecular formula is C26H39N3O4. The molecule has 2 fully saturated rings. The number of amides is 2. The Labute approximate surface area is 197 Å². The summed E-state index contributed by atoms with van der Waals surface area (Å²) in [6.45, 7) is 6.13. The first-order valence-electron chi connectivity index (χ1n) is 12.7. The molecule has 1 aromatic rings. The Kier molecular flexibility index (Phi) is 8.25. The van der Waals surface area contributed by atoms with Gasteiger partial charge in [0.2, 0.25) is 5.91 Å². The molecule has 4 heterocycles. The maximum Gasteiger partial charge on any atom is 0.257 e. The molecule has 0 aliphatic carbocycles. The molecule has 1 N–H and O–H groups in total. The lowest BCUT2D eigenvalue weighted by atomic mass is 9.75. The fourth-order valence-corrected chi connectivity index (χ4v) is 5.46. The highest BCUT2D eigenvalue weighted by atomic mass is 16.5. The van der Waals surface area contributed by atoms with Crippen LogP contribution < -0.4 is 4.74 Å². The summed E-state index contributed by atoms with van der Waals surface area (Å²) < 4.78 is 6.05. The highest BCUT2D eigenvalue weighted by molar-refractivity contribution is 5.97. The summed E-state index contributed by atoms with van der Waals surface area (Å²) in [4.78, 5) is 32.5. The first kappa shape index (κ1) is 24.0. The molecule has 7 heteroatoms. The van der Waals surface area contributed by atoms with Crippen molar-refractivity contribution in [3.63, 3.8) is 0 Å². The van der Waals surface area contributed by atoms with Crippen molar-refractivity contribution in [1.29, 1.82) is 0 Å². The molecule has 0 atom stereocenters. The smallest absolute Gasteiger partial charge is 0.257 e. The Morgan fingerprint density at radius 1 is 0.939 bits per heavy atom. The van der Waals surface area contributed by atoms with Gasteiger partial charge >= 0.3 is 0 Å².